The molecule has 0 atom stereocenters. The molecule has 0 aliphatic carbocycles. The van der Waals surface area contributed by atoms with Gasteiger partial charge in [0, 0.05) is 6.54 Å². The van der Waals surface area contributed by atoms with E-state index in [2.05, 4.69) is 24.4 Å². The molecule has 1 N–H and O–H groups in total. The van der Waals surface area contributed by atoms with Gasteiger partial charge in [-0.15, -0.1) is 0 Å². The minimum atomic E-state index is 0.739. The van der Waals surface area contributed by atoms with E-state index in [-0.39, 0.29) is 0 Å². The van der Waals surface area contributed by atoms with Gasteiger partial charge in [-0.2, -0.15) is 0 Å². The average molecular weight is 221 g/mol. The molecule has 16 heavy (non-hydrogen) atoms. The van der Waals surface area contributed by atoms with Gasteiger partial charge in [-0.3, -0.25) is 0 Å². The lowest BCUT2D eigenvalue weighted by atomic mass is 10.0. The molecule has 1 aliphatic rings. The van der Waals surface area contributed by atoms with Gasteiger partial charge >= 0.3 is 0 Å². The molecule has 0 saturated carbocycles. The first kappa shape index (κ1) is 11.3. The van der Waals surface area contributed by atoms with Gasteiger partial charge in [0.25, 0.3) is 0 Å². The lowest BCUT2D eigenvalue weighted by Gasteiger charge is -2.20. The second-order valence-electron chi connectivity index (χ2n) is 4.05. The molecule has 3 nitrogen and oxygen atoms in total. The van der Waals surface area contributed by atoms with Gasteiger partial charge in [0.1, 0.15) is 0 Å². The van der Waals surface area contributed by atoms with E-state index in [1.165, 1.54) is 11.1 Å². The van der Waals surface area contributed by atoms with E-state index < -0.39 is 0 Å². The summed E-state index contributed by atoms with van der Waals surface area (Å²) in [5.41, 5.74) is 2.71. The number of ether oxygens (including phenoxy) is 2. The average Bonchev–Trinajstić information content (AvgIpc) is 2.35. The Bertz CT molecular complexity index is 363. The van der Waals surface area contributed by atoms with Crippen molar-refractivity contribution in [3.8, 4) is 11.5 Å². The van der Waals surface area contributed by atoms with Crippen molar-refractivity contribution in [2.45, 2.75) is 26.3 Å². The van der Waals surface area contributed by atoms with Gasteiger partial charge in [0.15, 0.2) is 11.5 Å². The van der Waals surface area contributed by atoms with Crippen molar-refractivity contribution in [1.82, 2.24) is 5.32 Å². The molecular formula is C13H19NO2. The maximum Gasteiger partial charge on any atom is 0.161 e. The molecule has 3 heteroatoms. The Morgan fingerprint density at radius 2 is 2.06 bits per heavy atom. The van der Waals surface area contributed by atoms with E-state index in [9.17, 15) is 0 Å². The van der Waals surface area contributed by atoms with E-state index in [1.54, 1.807) is 7.11 Å². The lowest BCUT2D eigenvalue weighted by Crippen LogP contribution is -2.23. The smallest absolute Gasteiger partial charge is 0.161 e. The standard InChI is InChI=1S/C13H19NO2/c1-3-6-16-13-8-11-9-14-5-4-10(11)7-12(13)15-2/h7-8,14H,3-6,9H2,1-2H3. The van der Waals surface area contributed by atoms with E-state index in [0.717, 1.165) is 44.0 Å². The topological polar surface area (TPSA) is 30.5 Å². The van der Waals surface area contributed by atoms with Crippen LogP contribution in [-0.4, -0.2) is 20.3 Å². The third kappa shape index (κ3) is 2.30. The largest absolute Gasteiger partial charge is 0.493 e. The number of fused-ring (bicyclic) bond motifs is 1. The Hall–Kier alpha value is -1.22. The molecule has 1 aromatic carbocycles. The summed E-state index contributed by atoms with van der Waals surface area (Å²) in [5.74, 6) is 1.72. The summed E-state index contributed by atoms with van der Waals surface area (Å²) >= 11 is 0. The highest BCUT2D eigenvalue weighted by atomic mass is 16.5. The minimum Gasteiger partial charge on any atom is -0.493 e. The molecular weight excluding hydrogens is 202 g/mol. The first-order valence-corrected chi connectivity index (χ1v) is 5.88. The monoisotopic (exact) mass is 221 g/mol. The Morgan fingerprint density at radius 3 is 2.81 bits per heavy atom. The fourth-order valence-corrected chi connectivity index (χ4v) is 1.97. The zero-order valence-electron chi connectivity index (χ0n) is 10.0. The fraction of sp³-hybridized carbons (Fsp3) is 0.538. The second-order valence-corrected chi connectivity index (χ2v) is 4.05. The summed E-state index contributed by atoms with van der Waals surface area (Å²) in [6, 6.07) is 4.22. The van der Waals surface area contributed by atoms with Crippen LogP contribution in [0.25, 0.3) is 0 Å². The number of benzene rings is 1. The lowest BCUT2D eigenvalue weighted by molar-refractivity contribution is 0.293. The molecule has 88 valence electrons. The third-order valence-electron chi connectivity index (χ3n) is 2.83. The Labute approximate surface area is 96.8 Å². The first-order chi connectivity index (χ1) is 7.85. The van der Waals surface area contributed by atoms with Gasteiger partial charge in [-0.1, -0.05) is 6.92 Å². The number of methoxy groups -OCH3 is 1. The quantitative estimate of drug-likeness (QED) is 0.845. The van der Waals surface area contributed by atoms with Crippen LogP contribution in [0.5, 0.6) is 11.5 Å². The second kappa shape index (κ2) is 5.21. The summed E-state index contributed by atoms with van der Waals surface area (Å²) in [5, 5.41) is 3.37. The Morgan fingerprint density at radius 1 is 1.25 bits per heavy atom. The highest BCUT2D eigenvalue weighted by molar-refractivity contribution is 5.48. The number of rotatable bonds is 4. The van der Waals surface area contributed by atoms with Crippen LogP contribution in [0.15, 0.2) is 12.1 Å². The van der Waals surface area contributed by atoms with Crippen LogP contribution in [0.2, 0.25) is 0 Å². The summed E-state index contributed by atoms with van der Waals surface area (Å²) in [7, 11) is 1.70. The fourth-order valence-electron chi connectivity index (χ4n) is 1.97. The number of hydrogen-bond donors (Lipinski definition) is 1. The molecule has 0 saturated heterocycles. The van der Waals surface area contributed by atoms with Crippen LogP contribution in [-0.2, 0) is 13.0 Å². The van der Waals surface area contributed by atoms with Crippen molar-refractivity contribution >= 4 is 0 Å². The SMILES string of the molecule is CCCOc1cc2c(cc1OC)CCNC2. The summed E-state index contributed by atoms with van der Waals surface area (Å²) in [4.78, 5) is 0. The molecule has 0 unspecified atom stereocenters. The van der Waals surface area contributed by atoms with Crippen molar-refractivity contribution < 1.29 is 9.47 Å². The molecule has 0 radical (unpaired) electrons. The van der Waals surface area contributed by atoms with Crippen molar-refractivity contribution in [3.63, 3.8) is 0 Å². The van der Waals surface area contributed by atoms with Gasteiger partial charge in [-0.05, 0) is 42.6 Å². The normalized spacial score (nSPS) is 14.4. The van der Waals surface area contributed by atoms with Crippen LogP contribution in [0.4, 0.5) is 0 Å². The predicted octanol–water partition coefficient (Wildman–Crippen LogP) is 2.13. The van der Waals surface area contributed by atoms with E-state index >= 15 is 0 Å². The molecule has 1 aliphatic heterocycles. The van der Waals surface area contributed by atoms with Crippen molar-refractivity contribution in [2.24, 2.45) is 0 Å². The maximum absolute atomic E-state index is 5.69. The number of nitrogens with one attached hydrogen (secondary N) is 1. The molecule has 0 fully saturated rings. The highest BCUT2D eigenvalue weighted by Gasteiger charge is 2.14. The van der Waals surface area contributed by atoms with Gasteiger partial charge in [0.05, 0.1) is 13.7 Å². The van der Waals surface area contributed by atoms with E-state index in [4.69, 9.17) is 9.47 Å². The molecule has 0 amide bonds. The molecule has 0 spiro atoms. The molecule has 1 heterocycles. The Kier molecular flexibility index (Phi) is 3.67. The summed E-state index contributed by atoms with van der Waals surface area (Å²) in [6.07, 6.45) is 2.08. The van der Waals surface area contributed by atoms with Crippen LogP contribution in [0.3, 0.4) is 0 Å². The molecule has 2 rings (SSSR count). The first-order valence-electron chi connectivity index (χ1n) is 5.88. The van der Waals surface area contributed by atoms with E-state index in [0.29, 0.717) is 0 Å². The van der Waals surface area contributed by atoms with Gasteiger partial charge in [0.2, 0.25) is 0 Å². The molecule has 0 aromatic heterocycles. The van der Waals surface area contributed by atoms with Crippen LogP contribution in [0, 0.1) is 0 Å². The van der Waals surface area contributed by atoms with E-state index in [1.807, 2.05) is 0 Å². The Balaban J connectivity index is 2.28. The summed E-state index contributed by atoms with van der Waals surface area (Å²) < 4.78 is 11.1. The molecule has 1 aromatic rings. The van der Waals surface area contributed by atoms with Gasteiger partial charge < -0.3 is 14.8 Å². The zero-order chi connectivity index (χ0) is 11.4. The third-order valence-corrected chi connectivity index (χ3v) is 2.83. The number of hydrogen-bond acceptors (Lipinski definition) is 3. The minimum absolute atomic E-state index is 0.739. The predicted molar refractivity (Wildman–Crippen MR) is 64.2 cm³/mol. The highest BCUT2D eigenvalue weighted by Crippen LogP contribution is 2.32. The van der Waals surface area contributed by atoms with Crippen LogP contribution >= 0.6 is 0 Å². The van der Waals surface area contributed by atoms with Gasteiger partial charge in [-0.25, -0.2) is 0 Å². The zero-order valence-corrected chi connectivity index (χ0v) is 10.0. The van der Waals surface area contributed by atoms with Crippen molar-refractivity contribution in [1.29, 1.82) is 0 Å². The summed E-state index contributed by atoms with van der Waals surface area (Å²) in [6.45, 7) is 4.82. The van der Waals surface area contributed by atoms with Crippen LogP contribution < -0.4 is 14.8 Å². The van der Waals surface area contributed by atoms with Crippen molar-refractivity contribution in [3.05, 3.63) is 23.3 Å². The molecule has 0 bridgehead atoms. The maximum atomic E-state index is 5.69. The van der Waals surface area contributed by atoms with Crippen molar-refractivity contribution in [2.75, 3.05) is 20.3 Å². The van der Waals surface area contributed by atoms with Crippen LogP contribution in [0.1, 0.15) is 24.5 Å².